The van der Waals surface area contributed by atoms with Crippen LogP contribution in [0.25, 0.3) is 0 Å². The van der Waals surface area contributed by atoms with Crippen molar-refractivity contribution >= 4 is 30.2 Å². The predicted molar refractivity (Wildman–Crippen MR) is 189 cm³/mol. The highest BCUT2D eigenvalue weighted by atomic mass is 19.4. The van der Waals surface area contributed by atoms with Crippen molar-refractivity contribution in [3.63, 3.8) is 0 Å². The van der Waals surface area contributed by atoms with Crippen LogP contribution in [0.15, 0.2) is 51.8 Å². The molecule has 0 bridgehead atoms. The zero-order valence-corrected chi connectivity index (χ0v) is 29.7. The van der Waals surface area contributed by atoms with Gasteiger partial charge in [0, 0.05) is 64.5 Å². The quantitative estimate of drug-likeness (QED) is 0.137. The molecule has 3 fully saturated rings. The Hall–Kier alpha value is -4.50. The van der Waals surface area contributed by atoms with Gasteiger partial charge in [-0.15, -0.1) is 0 Å². The Morgan fingerprint density at radius 1 is 1.04 bits per heavy atom. The van der Waals surface area contributed by atoms with Gasteiger partial charge in [0.05, 0.1) is 29.5 Å². The molecular weight excluding hydrogens is 682 g/mol. The number of guanidine groups is 1. The maximum atomic E-state index is 15.5. The monoisotopic (exact) mass is 727 g/mol. The molecule has 15 heteroatoms. The average Bonchev–Trinajstić information content (AvgIpc) is 3.89. The third-order valence-electron chi connectivity index (χ3n) is 10.3. The summed E-state index contributed by atoms with van der Waals surface area (Å²) >= 11 is 0. The number of amides is 2. The highest BCUT2D eigenvalue weighted by Crippen LogP contribution is 2.36. The number of aliphatic imine (C=N–C) groups is 2. The minimum absolute atomic E-state index is 0.0148. The number of carbonyl (C=O) groups is 2. The molecule has 1 saturated heterocycles. The second kappa shape index (κ2) is 15.6. The van der Waals surface area contributed by atoms with E-state index in [1.807, 2.05) is 0 Å². The first-order chi connectivity index (χ1) is 24.8. The summed E-state index contributed by atoms with van der Waals surface area (Å²) in [4.78, 5) is 40.2. The van der Waals surface area contributed by atoms with Crippen molar-refractivity contribution in [3.8, 4) is 11.5 Å². The Morgan fingerprint density at radius 2 is 1.75 bits per heavy atom. The van der Waals surface area contributed by atoms with E-state index >= 15 is 4.39 Å². The fourth-order valence-corrected chi connectivity index (χ4v) is 7.10. The first-order valence-corrected chi connectivity index (χ1v) is 17.6. The van der Waals surface area contributed by atoms with Gasteiger partial charge in [-0.3, -0.25) is 14.5 Å². The van der Waals surface area contributed by atoms with E-state index in [9.17, 15) is 22.8 Å². The number of halogens is 4. The summed E-state index contributed by atoms with van der Waals surface area (Å²) in [5, 5.41) is 5.61. The van der Waals surface area contributed by atoms with E-state index in [-0.39, 0.29) is 40.9 Å². The molecule has 2 aliphatic heterocycles. The lowest BCUT2D eigenvalue weighted by atomic mass is 9.89. The molecule has 0 atom stereocenters. The molecule has 0 radical (unpaired) electrons. The molecule has 2 N–H and O–H groups in total. The lowest BCUT2D eigenvalue weighted by Crippen LogP contribution is -2.52. The average molecular weight is 728 g/mol. The standard InChI is InChI=1S/C37H45F4N7O4/c1-22(37(39,40)41)34(52-30-7-5-6-24-21-46(3)35(50)32(24)30)45-36(42-2)44-29-19-28(38)27(18-31(29)51-4)33(49)43-25-10-12-26(13-11-25)48-16-14-47(15-17-48)20-23-8-9-23/h5-7,18-19,23,25-26H,2,8-17,20-21H2,1,3-4H3,(H,43,49)(H,44,45)/b34-22-. The second-order valence-electron chi connectivity index (χ2n) is 14.0. The normalized spacial score (nSPS) is 22.1. The van der Waals surface area contributed by atoms with Gasteiger partial charge in [-0.25, -0.2) is 9.38 Å². The van der Waals surface area contributed by atoms with E-state index in [0.29, 0.717) is 11.6 Å². The fraction of sp³-hybridized carbons (Fsp3) is 0.514. The molecule has 2 saturated carbocycles. The van der Waals surface area contributed by atoms with Gasteiger partial charge in [0.2, 0.25) is 11.8 Å². The van der Waals surface area contributed by atoms with Gasteiger partial charge in [-0.2, -0.15) is 18.2 Å². The van der Waals surface area contributed by atoms with Crippen molar-refractivity contribution in [2.24, 2.45) is 15.9 Å². The molecule has 2 aliphatic carbocycles. The van der Waals surface area contributed by atoms with Crippen LogP contribution in [-0.2, 0) is 6.54 Å². The number of allylic oxidation sites excluding steroid dienone is 1. The smallest absolute Gasteiger partial charge is 0.417 e. The number of benzene rings is 2. The van der Waals surface area contributed by atoms with Crippen LogP contribution < -0.4 is 20.1 Å². The summed E-state index contributed by atoms with van der Waals surface area (Å²) in [5.41, 5.74) is -0.815. The summed E-state index contributed by atoms with van der Waals surface area (Å²) in [5.74, 6) is -2.49. The van der Waals surface area contributed by atoms with Gasteiger partial charge in [-0.05, 0) is 75.8 Å². The molecular formula is C37H45F4N7O4. The lowest BCUT2D eigenvalue weighted by Gasteiger charge is -2.42. The highest BCUT2D eigenvalue weighted by molar-refractivity contribution is 6.01. The van der Waals surface area contributed by atoms with Crippen LogP contribution in [0.2, 0.25) is 0 Å². The SMILES string of the molecule is C=NC(=N/C(Oc1cccc2c1C(=O)N(C)C2)=C(\C)C(F)(F)F)Nc1cc(F)c(C(=O)NC2CCC(N3CCN(CC4CC4)CC3)CC2)cc1OC. The number of rotatable bonds is 10. The van der Waals surface area contributed by atoms with Crippen molar-refractivity contribution in [2.45, 2.75) is 70.3 Å². The van der Waals surface area contributed by atoms with Crippen LogP contribution >= 0.6 is 0 Å². The van der Waals surface area contributed by atoms with E-state index in [1.165, 1.54) is 43.5 Å². The maximum absolute atomic E-state index is 15.5. The minimum atomic E-state index is -4.85. The summed E-state index contributed by atoms with van der Waals surface area (Å²) in [6.45, 7) is 9.98. The molecule has 2 aromatic carbocycles. The van der Waals surface area contributed by atoms with Crippen molar-refractivity contribution in [1.29, 1.82) is 0 Å². The van der Waals surface area contributed by atoms with Crippen LogP contribution in [0.5, 0.6) is 11.5 Å². The van der Waals surface area contributed by atoms with Crippen molar-refractivity contribution < 1.29 is 36.6 Å². The molecule has 6 rings (SSSR count). The lowest BCUT2D eigenvalue weighted by molar-refractivity contribution is -0.0938. The van der Waals surface area contributed by atoms with E-state index in [2.05, 4.69) is 37.1 Å². The van der Waals surface area contributed by atoms with Crippen LogP contribution in [0.1, 0.15) is 71.7 Å². The Balaban J connectivity index is 1.12. The molecule has 11 nitrogen and oxygen atoms in total. The molecule has 4 aliphatic rings. The van der Waals surface area contributed by atoms with E-state index in [0.717, 1.165) is 70.8 Å². The first-order valence-electron chi connectivity index (χ1n) is 17.6. The van der Waals surface area contributed by atoms with Crippen molar-refractivity contribution in [2.75, 3.05) is 52.2 Å². The molecule has 2 amide bonds. The summed E-state index contributed by atoms with van der Waals surface area (Å²) in [6.07, 6.45) is 1.34. The third kappa shape index (κ3) is 8.58. The molecule has 280 valence electrons. The van der Waals surface area contributed by atoms with Gasteiger partial charge < -0.3 is 29.9 Å². The van der Waals surface area contributed by atoms with Gasteiger partial charge >= 0.3 is 6.18 Å². The van der Waals surface area contributed by atoms with Crippen LogP contribution in [-0.4, -0.2) is 104 Å². The van der Waals surface area contributed by atoms with Crippen molar-refractivity contribution in [1.82, 2.24) is 20.0 Å². The highest BCUT2D eigenvalue weighted by Gasteiger charge is 2.36. The summed E-state index contributed by atoms with van der Waals surface area (Å²) < 4.78 is 68.4. The number of methoxy groups -OCH3 is 1. The Labute approximate surface area is 300 Å². The van der Waals surface area contributed by atoms with Crippen LogP contribution in [0.4, 0.5) is 23.2 Å². The minimum Gasteiger partial charge on any atom is -0.495 e. The van der Waals surface area contributed by atoms with Crippen LogP contribution in [0, 0.1) is 11.7 Å². The van der Waals surface area contributed by atoms with E-state index < -0.39 is 41.2 Å². The van der Waals surface area contributed by atoms with Gasteiger partial charge in [0.1, 0.15) is 17.3 Å². The number of hydrogen-bond acceptors (Lipinski definition) is 7. The number of fused-ring (bicyclic) bond motifs is 1. The molecule has 0 spiro atoms. The second-order valence-corrected chi connectivity index (χ2v) is 14.0. The van der Waals surface area contributed by atoms with Gasteiger partial charge in [-0.1, -0.05) is 12.1 Å². The number of alkyl halides is 3. The largest absolute Gasteiger partial charge is 0.495 e. The third-order valence-corrected chi connectivity index (χ3v) is 10.3. The predicted octanol–water partition coefficient (Wildman–Crippen LogP) is 5.83. The van der Waals surface area contributed by atoms with E-state index in [4.69, 9.17) is 9.47 Å². The Kier molecular flexibility index (Phi) is 11.2. The van der Waals surface area contributed by atoms with E-state index in [1.54, 1.807) is 19.2 Å². The Morgan fingerprint density at radius 3 is 2.38 bits per heavy atom. The summed E-state index contributed by atoms with van der Waals surface area (Å²) in [6, 6.07) is 7.18. The number of ether oxygens (including phenoxy) is 2. The fourth-order valence-electron chi connectivity index (χ4n) is 7.10. The number of carbonyl (C=O) groups excluding carboxylic acids is 2. The number of nitrogens with zero attached hydrogens (tertiary/aromatic N) is 5. The zero-order valence-electron chi connectivity index (χ0n) is 29.7. The Bertz CT molecular complexity index is 1740. The zero-order chi connectivity index (χ0) is 37.2. The molecule has 52 heavy (non-hydrogen) atoms. The maximum Gasteiger partial charge on any atom is 0.417 e. The van der Waals surface area contributed by atoms with Crippen LogP contribution in [0.3, 0.4) is 0 Å². The molecule has 0 unspecified atom stereocenters. The first kappa shape index (κ1) is 37.3. The molecule has 0 aromatic heterocycles. The van der Waals surface area contributed by atoms with Gasteiger partial charge in [0.15, 0.2) is 0 Å². The summed E-state index contributed by atoms with van der Waals surface area (Å²) in [7, 11) is 2.87. The topological polar surface area (TPSA) is 111 Å². The molecule has 2 aromatic rings. The van der Waals surface area contributed by atoms with Crippen molar-refractivity contribution in [3.05, 3.63) is 64.3 Å². The van der Waals surface area contributed by atoms with Gasteiger partial charge in [0.25, 0.3) is 11.8 Å². The number of anilines is 1. The number of nitrogens with one attached hydrogen (secondary N) is 2. The molecule has 2 heterocycles. The number of hydrogen-bond donors (Lipinski definition) is 2. The number of piperazine rings is 1.